The van der Waals surface area contributed by atoms with Crippen molar-refractivity contribution in [3.05, 3.63) is 53.3 Å². The summed E-state index contributed by atoms with van der Waals surface area (Å²) in [6, 6.07) is 7.59. The zero-order chi connectivity index (χ0) is 15.9. The lowest BCUT2D eigenvalue weighted by Gasteiger charge is -2.27. The normalized spacial score (nSPS) is 11.7. The topological polar surface area (TPSA) is 40.5 Å². The second-order valence-corrected chi connectivity index (χ2v) is 8.62. The molecule has 2 aromatic rings. The van der Waals surface area contributed by atoms with E-state index in [4.69, 9.17) is 0 Å². The Morgan fingerprint density at radius 2 is 0.905 bits per heavy atom. The standard InChI is InChI=1S/C15H12Br4O2/c1-15(2,7-3-9(16)13(20)10(17)4-7)8-5-11(18)14(21)12(19)6-8/h3-6,20-21H,1-2H3/i3+1,4+1,5+1,6+1,7+1,8+1,9+1,10+1,11+1,12+1,13+1,14+1. The van der Waals surface area contributed by atoms with Gasteiger partial charge in [-0.3, -0.25) is 0 Å². The second kappa shape index (κ2) is 6.22. The highest BCUT2D eigenvalue weighted by Crippen LogP contribution is 2.43. The molecule has 0 aliphatic carbocycles. The Hall–Kier alpha value is -0.0400. The minimum absolute atomic E-state index is 0.183. The Bertz CT molecular complexity index is 605. The number of phenolic OH excluding ortho intramolecular Hbond substituents is 2. The molecule has 2 aromatic carbocycles. The van der Waals surface area contributed by atoms with E-state index >= 15 is 0 Å². The largest absolute Gasteiger partial charge is 0.506 e. The Kier molecular flexibility index (Phi) is 5.13. The van der Waals surface area contributed by atoms with Gasteiger partial charge in [-0.2, -0.15) is 0 Å². The molecule has 6 heteroatoms. The van der Waals surface area contributed by atoms with Crippen LogP contribution < -0.4 is 0 Å². The minimum atomic E-state index is -0.308. The van der Waals surface area contributed by atoms with Crippen LogP contribution in [0, 0.1) is 0 Å². The van der Waals surface area contributed by atoms with Gasteiger partial charge in [0.05, 0.1) is 17.9 Å². The fourth-order valence-electron chi connectivity index (χ4n) is 2.02. The van der Waals surface area contributed by atoms with Crippen molar-refractivity contribution in [2.24, 2.45) is 0 Å². The quantitative estimate of drug-likeness (QED) is 0.446. The molecule has 0 unspecified atom stereocenters. The van der Waals surface area contributed by atoms with Crippen molar-refractivity contribution >= 4 is 63.7 Å². The Balaban J connectivity index is 2.61. The third-order valence-electron chi connectivity index (χ3n) is 3.48. The monoisotopic (exact) mass is 552 g/mol. The zero-order valence-corrected chi connectivity index (χ0v) is 17.6. The van der Waals surface area contributed by atoms with Gasteiger partial charge in [-0.05, 0) is 99.1 Å². The fourth-order valence-corrected chi connectivity index (χ4v) is 4.39. The summed E-state index contributed by atoms with van der Waals surface area (Å²) in [5.74, 6) is 0.366. The molecule has 0 saturated heterocycles. The highest BCUT2D eigenvalue weighted by molar-refractivity contribution is 9.11. The highest BCUT2D eigenvalue weighted by atomic mass is 79.9. The van der Waals surface area contributed by atoms with Crippen molar-refractivity contribution in [1.29, 1.82) is 0 Å². The van der Waals surface area contributed by atoms with Crippen LogP contribution >= 0.6 is 63.7 Å². The number of hydrogen-bond acceptors (Lipinski definition) is 2. The van der Waals surface area contributed by atoms with Gasteiger partial charge in [0.25, 0.3) is 0 Å². The number of rotatable bonds is 2. The van der Waals surface area contributed by atoms with Crippen molar-refractivity contribution in [3.8, 4) is 11.5 Å². The number of aromatic hydroxyl groups is 2. The average molecular weight is 556 g/mol. The zero-order valence-electron chi connectivity index (χ0n) is 11.2. The fraction of sp³-hybridized carbons (Fsp3) is 0.200. The molecule has 0 bridgehead atoms. The van der Waals surface area contributed by atoms with Crippen LogP contribution in [0.15, 0.2) is 42.2 Å². The average Bonchev–Trinajstić information content (AvgIpc) is 2.40. The van der Waals surface area contributed by atoms with Gasteiger partial charge < -0.3 is 10.2 Å². The first-order chi connectivity index (χ1) is 9.64. The molecule has 112 valence electrons. The van der Waals surface area contributed by atoms with E-state index in [1.165, 1.54) is 0 Å². The molecule has 0 fully saturated rings. The first-order valence-corrected chi connectivity index (χ1v) is 9.18. The van der Waals surface area contributed by atoms with E-state index < -0.39 is 0 Å². The molecule has 0 radical (unpaired) electrons. The summed E-state index contributed by atoms with van der Waals surface area (Å²) in [5, 5.41) is 19.7. The SMILES string of the molecule is CC(C)([13c]1[13cH][13c](Br)[13c](O)[13c](Br)[13cH]1)[13c]1[13cH][13c](Br)[13c](O)[13c](Br)[13cH]1. The Morgan fingerprint density at radius 1 is 0.667 bits per heavy atom. The van der Waals surface area contributed by atoms with Crippen molar-refractivity contribution in [1.82, 2.24) is 0 Å². The van der Waals surface area contributed by atoms with E-state index in [0.717, 1.165) is 11.1 Å². The van der Waals surface area contributed by atoms with E-state index in [9.17, 15) is 10.2 Å². The molecule has 21 heavy (non-hydrogen) atoms. The summed E-state index contributed by atoms with van der Waals surface area (Å²) < 4.78 is 2.54. The van der Waals surface area contributed by atoms with E-state index in [2.05, 4.69) is 77.6 Å². The molecule has 0 aliphatic rings. The van der Waals surface area contributed by atoms with Crippen LogP contribution in [0.1, 0.15) is 25.0 Å². The lowest BCUT2D eigenvalue weighted by molar-refractivity contribution is 0.466. The number of benzene rings is 2. The van der Waals surface area contributed by atoms with E-state index in [1.54, 1.807) is 0 Å². The predicted octanol–water partition coefficient (Wildman–Crippen LogP) is 6.47. The van der Waals surface area contributed by atoms with Crippen LogP contribution in [0.2, 0.25) is 0 Å². The van der Waals surface area contributed by atoms with E-state index in [1.807, 2.05) is 24.3 Å². The second-order valence-electron chi connectivity index (χ2n) is 5.20. The van der Waals surface area contributed by atoms with Crippen LogP contribution in [0.3, 0.4) is 0 Å². The molecule has 0 atom stereocenters. The first-order valence-electron chi connectivity index (χ1n) is 6.01. The lowest BCUT2D eigenvalue weighted by atomic mass is 10.1. The lowest BCUT2D eigenvalue weighted by Crippen LogP contribution is -2.19. The van der Waals surface area contributed by atoms with Crippen molar-refractivity contribution < 1.29 is 10.2 Å². The summed E-state index contributed by atoms with van der Waals surface area (Å²) in [4.78, 5) is 0. The molecule has 2 nitrogen and oxygen atoms in total. The highest BCUT2D eigenvalue weighted by Gasteiger charge is 2.26. The number of halogens is 4. The third kappa shape index (κ3) is 3.33. The van der Waals surface area contributed by atoms with Gasteiger partial charge in [0.15, 0.2) is 0 Å². The maximum Gasteiger partial charge on any atom is 0.143 e. The molecule has 0 saturated carbocycles. The molecule has 0 aliphatic heterocycles. The maximum absolute atomic E-state index is 9.85. The Morgan fingerprint density at radius 3 is 1.14 bits per heavy atom. The molecule has 0 amide bonds. The number of hydrogen-bond donors (Lipinski definition) is 2. The first kappa shape index (κ1) is 17.3. The summed E-state index contributed by atoms with van der Waals surface area (Å²) in [6.45, 7) is 4.17. The van der Waals surface area contributed by atoms with Gasteiger partial charge in [0.1, 0.15) is 11.5 Å². The molecule has 2 N–H and O–H groups in total. The minimum Gasteiger partial charge on any atom is -0.506 e. The van der Waals surface area contributed by atoms with Gasteiger partial charge in [-0.25, -0.2) is 0 Å². The van der Waals surface area contributed by atoms with Crippen LogP contribution in [0.5, 0.6) is 11.5 Å². The van der Waals surface area contributed by atoms with Gasteiger partial charge in [0, 0.05) is 5.41 Å². The summed E-state index contributed by atoms with van der Waals surface area (Å²) in [5.41, 5.74) is 1.75. The maximum atomic E-state index is 9.85. The van der Waals surface area contributed by atoms with Crippen molar-refractivity contribution in [2.75, 3.05) is 0 Å². The molecule has 0 spiro atoms. The summed E-state index contributed by atoms with van der Waals surface area (Å²) >= 11 is 13.5. The van der Waals surface area contributed by atoms with Gasteiger partial charge in [0.2, 0.25) is 0 Å². The summed E-state index contributed by atoms with van der Waals surface area (Å²) in [6.07, 6.45) is 0. The van der Waals surface area contributed by atoms with Crippen LogP contribution in [0.25, 0.3) is 0 Å². The van der Waals surface area contributed by atoms with E-state index in [-0.39, 0.29) is 16.9 Å². The van der Waals surface area contributed by atoms with Crippen molar-refractivity contribution in [2.45, 2.75) is 19.3 Å². The smallest absolute Gasteiger partial charge is 0.143 e. The van der Waals surface area contributed by atoms with Crippen LogP contribution in [0.4, 0.5) is 0 Å². The van der Waals surface area contributed by atoms with Crippen molar-refractivity contribution in [3.63, 3.8) is 0 Å². The molecular weight excluding hydrogens is 544 g/mol. The van der Waals surface area contributed by atoms with Crippen LogP contribution in [-0.2, 0) is 5.41 Å². The number of phenols is 2. The molecular formula is C15H12Br4O2. The predicted molar refractivity (Wildman–Crippen MR) is 99.1 cm³/mol. The van der Waals surface area contributed by atoms with Gasteiger partial charge in [-0.15, -0.1) is 0 Å². The molecule has 0 aromatic heterocycles. The van der Waals surface area contributed by atoms with Gasteiger partial charge in [-0.1, -0.05) is 13.8 Å². The summed E-state index contributed by atoms with van der Waals surface area (Å²) in [7, 11) is 0. The third-order valence-corrected chi connectivity index (χ3v) is 5.90. The van der Waals surface area contributed by atoms with Crippen LogP contribution in [-0.4, -0.2) is 10.2 Å². The molecule has 0 heterocycles. The van der Waals surface area contributed by atoms with E-state index in [0.29, 0.717) is 17.9 Å². The Labute approximate surface area is 157 Å². The molecule has 2 rings (SSSR count). The van der Waals surface area contributed by atoms with Gasteiger partial charge >= 0.3 is 0 Å².